The number of ether oxygens (including phenoxy) is 1. The van der Waals surface area contributed by atoms with Crippen molar-refractivity contribution in [1.82, 2.24) is 5.32 Å². The van der Waals surface area contributed by atoms with Crippen LogP contribution in [0.2, 0.25) is 0 Å². The van der Waals surface area contributed by atoms with Crippen LogP contribution in [0, 0.1) is 0 Å². The lowest BCUT2D eigenvalue weighted by Crippen LogP contribution is -2.46. The summed E-state index contributed by atoms with van der Waals surface area (Å²) < 4.78 is 5.93. The van der Waals surface area contributed by atoms with E-state index in [1.165, 1.54) is 128 Å². The highest BCUT2D eigenvalue weighted by atomic mass is 16.5. The van der Waals surface area contributed by atoms with Crippen molar-refractivity contribution in [3.05, 3.63) is 48.6 Å². The molecule has 0 aliphatic carbocycles. The van der Waals surface area contributed by atoms with Gasteiger partial charge in [-0.25, -0.2) is 0 Å². The Morgan fingerprint density at radius 2 is 0.919 bits per heavy atom. The zero-order chi connectivity index (χ0) is 45.2. The van der Waals surface area contributed by atoms with Gasteiger partial charge in [0.1, 0.15) is 6.10 Å². The predicted octanol–water partition coefficient (Wildman–Crippen LogP) is 16.2. The number of amides is 1. The lowest BCUT2D eigenvalue weighted by atomic mass is 10.0. The maximum absolute atomic E-state index is 13.2. The Balaban J connectivity index is 4.55. The Labute approximate surface area is 385 Å². The molecule has 0 saturated heterocycles. The van der Waals surface area contributed by atoms with Crippen molar-refractivity contribution in [3.63, 3.8) is 0 Å². The topological polar surface area (TPSA) is 95.9 Å². The molecular formula is C56H103NO5. The fourth-order valence-electron chi connectivity index (χ4n) is 8.11. The number of aliphatic hydroxyl groups excluding tert-OH is 2. The molecule has 0 aromatic carbocycles. The summed E-state index contributed by atoms with van der Waals surface area (Å²) in [7, 11) is 0. The van der Waals surface area contributed by atoms with Gasteiger partial charge in [0.05, 0.1) is 25.2 Å². The van der Waals surface area contributed by atoms with Gasteiger partial charge in [0.2, 0.25) is 5.91 Å². The van der Waals surface area contributed by atoms with Crippen molar-refractivity contribution in [2.24, 2.45) is 0 Å². The van der Waals surface area contributed by atoms with E-state index in [2.05, 4.69) is 74.7 Å². The number of esters is 1. The van der Waals surface area contributed by atoms with Crippen LogP contribution in [0.4, 0.5) is 0 Å². The van der Waals surface area contributed by atoms with Crippen LogP contribution in [0.25, 0.3) is 0 Å². The molecule has 0 fully saturated rings. The number of unbranched alkanes of at least 4 members (excludes halogenated alkanes) is 29. The van der Waals surface area contributed by atoms with E-state index in [1.54, 1.807) is 0 Å². The normalized spacial score (nSPS) is 13.6. The molecule has 6 heteroatoms. The van der Waals surface area contributed by atoms with E-state index in [1.807, 2.05) is 0 Å². The van der Waals surface area contributed by atoms with Crippen LogP contribution in [-0.2, 0) is 14.3 Å². The summed E-state index contributed by atoms with van der Waals surface area (Å²) in [5, 5.41) is 23.8. The first-order valence-corrected chi connectivity index (χ1v) is 26.9. The molecule has 0 rings (SSSR count). The lowest BCUT2D eigenvalue weighted by molar-refractivity contribution is -0.151. The summed E-state index contributed by atoms with van der Waals surface area (Å²) in [6.45, 7) is 6.36. The minimum absolute atomic E-state index is 0.0615. The zero-order valence-electron chi connectivity index (χ0n) is 41.3. The molecule has 0 aromatic heterocycles. The zero-order valence-corrected chi connectivity index (χ0v) is 41.3. The highest BCUT2D eigenvalue weighted by molar-refractivity contribution is 5.77. The highest BCUT2D eigenvalue weighted by Gasteiger charge is 2.24. The fourth-order valence-corrected chi connectivity index (χ4v) is 8.11. The first kappa shape index (κ1) is 59.8. The van der Waals surface area contributed by atoms with Crippen LogP contribution >= 0.6 is 0 Å². The number of hydrogen-bond donors (Lipinski definition) is 3. The van der Waals surface area contributed by atoms with Crippen LogP contribution < -0.4 is 5.32 Å². The summed E-state index contributed by atoms with van der Waals surface area (Å²) >= 11 is 0. The number of nitrogens with one attached hydrogen (secondary N) is 1. The minimum Gasteiger partial charge on any atom is -0.462 e. The summed E-state index contributed by atoms with van der Waals surface area (Å²) in [6, 6.07) is -0.709. The second-order valence-corrected chi connectivity index (χ2v) is 18.3. The van der Waals surface area contributed by atoms with Gasteiger partial charge in [0, 0.05) is 6.42 Å². The third-order valence-corrected chi connectivity index (χ3v) is 12.2. The summed E-state index contributed by atoms with van der Waals surface area (Å²) in [5.74, 6) is -0.497. The minimum atomic E-state index is -0.794. The maximum Gasteiger partial charge on any atom is 0.306 e. The van der Waals surface area contributed by atoms with Gasteiger partial charge in [0.25, 0.3) is 0 Å². The average molecular weight is 870 g/mol. The van der Waals surface area contributed by atoms with Crippen molar-refractivity contribution in [3.8, 4) is 0 Å². The van der Waals surface area contributed by atoms with Crippen molar-refractivity contribution >= 4 is 11.9 Å². The second kappa shape index (κ2) is 49.8. The van der Waals surface area contributed by atoms with Crippen molar-refractivity contribution in [2.45, 2.75) is 289 Å². The van der Waals surface area contributed by atoms with Crippen molar-refractivity contribution < 1.29 is 24.5 Å². The van der Waals surface area contributed by atoms with Gasteiger partial charge >= 0.3 is 5.97 Å². The summed E-state index contributed by atoms with van der Waals surface area (Å²) in [5.41, 5.74) is 0. The standard InChI is InChI=1S/C56H103NO5/c1-4-7-10-13-16-19-22-25-27-28-30-33-36-39-42-45-48-54(59)53(51-58)57-55(60)50-52(47-44-41-38-35-32-29-24-21-18-15-12-9-6-3)62-56(61)49-46-43-40-37-34-31-26-23-20-17-14-11-8-5-2/h8,11,17-18,20-21,24,29,52-54,58-59H,4-7,9-10,12-16,19,22-23,25-28,30-51H2,1-3H3,(H,57,60)/b11-8+,20-17+,21-18+,29-24+. The molecule has 3 N–H and O–H groups in total. The average Bonchev–Trinajstić information content (AvgIpc) is 3.26. The molecule has 362 valence electrons. The number of hydrogen-bond acceptors (Lipinski definition) is 5. The monoisotopic (exact) mass is 870 g/mol. The number of carbonyl (C=O) groups excluding carboxylic acids is 2. The first-order chi connectivity index (χ1) is 30.5. The summed E-state index contributed by atoms with van der Waals surface area (Å²) in [6.07, 6.45) is 60.3. The number of rotatable bonds is 48. The van der Waals surface area contributed by atoms with Gasteiger partial charge in [-0.2, -0.15) is 0 Å². The van der Waals surface area contributed by atoms with E-state index in [9.17, 15) is 19.8 Å². The van der Waals surface area contributed by atoms with E-state index in [0.717, 1.165) is 96.3 Å². The molecular weight excluding hydrogens is 767 g/mol. The second-order valence-electron chi connectivity index (χ2n) is 18.3. The quantitative estimate of drug-likeness (QED) is 0.0245. The molecule has 0 aliphatic heterocycles. The number of carbonyl (C=O) groups is 2. The third-order valence-electron chi connectivity index (χ3n) is 12.2. The van der Waals surface area contributed by atoms with E-state index in [4.69, 9.17) is 4.74 Å². The molecule has 0 bridgehead atoms. The molecule has 6 nitrogen and oxygen atoms in total. The molecule has 0 spiro atoms. The van der Waals surface area contributed by atoms with Crippen LogP contribution in [-0.4, -0.2) is 46.9 Å². The van der Waals surface area contributed by atoms with E-state index in [-0.39, 0.29) is 24.9 Å². The molecule has 3 atom stereocenters. The Morgan fingerprint density at radius 1 is 0.500 bits per heavy atom. The highest BCUT2D eigenvalue weighted by Crippen LogP contribution is 2.18. The molecule has 62 heavy (non-hydrogen) atoms. The molecule has 0 radical (unpaired) electrons. The molecule has 0 heterocycles. The first-order valence-electron chi connectivity index (χ1n) is 26.9. The summed E-state index contributed by atoms with van der Waals surface area (Å²) in [4.78, 5) is 26.2. The SMILES string of the molecule is CC/C=C/C/C=C/CCCCCCCCCC(=O)OC(CCCCCC/C=C/C=C/CCCCC)CC(=O)NC(CO)C(O)CCCCCCCCCCCCCCCCCC. The van der Waals surface area contributed by atoms with E-state index >= 15 is 0 Å². The fraction of sp³-hybridized carbons (Fsp3) is 0.821. The largest absolute Gasteiger partial charge is 0.462 e. The Bertz CT molecular complexity index is 1070. The van der Waals surface area contributed by atoms with Gasteiger partial charge in [-0.05, 0) is 77.0 Å². The van der Waals surface area contributed by atoms with Crippen LogP contribution in [0.5, 0.6) is 0 Å². The smallest absolute Gasteiger partial charge is 0.306 e. The molecule has 0 aliphatic rings. The predicted molar refractivity (Wildman–Crippen MR) is 269 cm³/mol. The number of allylic oxidation sites excluding steroid dienone is 8. The van der Waals surface area contributed by atoms with Gasteiger partial charge in [-0.3, -0.25) is 9.59 Å². The third kappa shape index (κ3) is 44.4. The molecule has 0 saturated carbocycles. The van der Waals surface area contributed by atoms with E-state index < -0.39 is 18.2 Å². The molecule has 0 aromatic rings. The number of aliphatic hydroxyl groups is 2. The van der Waals surface area contributed by atoms with Gasteiger partial charge < -0.3 is 20.3 Å². The maximum atomic E-state index is 13.2. The Hall–Kier alpha value is -2.18. The van der Waals surface area contributed by atoms with Crippen LogP contribution in [0.1, 0.15) is 271 Å². The van der Waals surface area contributed by atoms with Crippen molar-refractivity contribution in [1.29, 1.82) is 0 Å². The van der Waals surface area contributed by atoms with E-state index in [0.29, 0.717) is 19.3 Å². The van der Waals surface area contributed by atoms with Crippen molar-refractivity contribution in [2.75, 3.05) is 6.61 Å². The Morgan fingerprint density at radius 3 is 1.44 bits per heavy atom. The van der Waals surface area contributed by atoms with Gasteiger partial charge in [-0.15, -0.1) is 0 Å². The van der Waals surface area contributed by atoms with Gasteiger partial charge in [0.15, 0.2) is 0 Å². The van der Waals surface area contributed by atoms with Gasteiger partial charge in [-0.1, -0.05) is 230 Å². The van der Waals surface area contributed by atoms with Crippen LogP contribution in [0.15, 0.2) is 48.6 Å². The molecule has 3 unspecified atom stereocenters. The molecule has 1 amide bonds. The lowest BCUT2D eigenvalue weighted by Gasteiger charge is -2.24. The van der Waals surface area contributed by atoms with Crippen LogP contribution in [0.3, 0.4) is 0 Å². The Kier molecular flexibility index (Phi) is 48.1.